The second-order valence-corrected chi connectivity index (χ2v) is 9.14. The highest BCUT2D eigenvalue weighted by Crippen LogP contribution is 2.24. The minimum absolute atomic E-state index is 0. The lowest BCUT2D eigenvalue weighted by atomic mass is 10.1. The lowest BCUT2D eigenvalue weighted by molar-refractivity contribution is -0.0721. The summed E-state index contributed by atoms with van der Waals surface area (Å²) in [7, 11) is 0. The molecule has 3 aliphatic heterocycles. The largest absolute Gasteiger partial charge is 0.376 e. The van der Waals surface area contributed by atoms with Crippen LogP contribution in [0.1, 0.15) is 45.4 Å². The van der Waals surface area contributed by atoms with Crippen molar-refractivity contribution in [2.45, 2.75) is 57.7 Å². The first-order valence-electron chi connectivity index (χ1n) is 12.4. The third-order valence-corrected chi connectivity index (χ3v) is 6.77. The van der Waals surface area contributed by atoms with Gasteiger partial charge in [-0.25, -0.2) is 0 Å². The zero-order valence-electron chi connectivity index (χ0n) is 19.6. The van der Waals surface area contributed by atoms with E-state index in [0.717, 1.165) is 77.7 Å². The average molecular weight is 557 g/mol. The number of likely N-dealkylation sites (tertiary alicyclic amines) is 1. The van der Waals surface area contributed by atoms with Gasteiger partial charge in [0.05, 0.1) is 18.8 Å². The molecule has 7 heteroatoms. The Kier molecular flexibility index (Phi) is 10.9. The number of para-hydroxylation sites is 1. The molecule has 4 rings (SSSR count). The van der Waals surface area contributed by atoms with Crippen LogP contribution in [0.4, 0.5) is 5.69 Å². The van der Waals surface area contributed by atoms with E-state index in [4.69, 9.17) is 14.5 Å². The normalized spacial score (nSPS) is 25.0. The number of nitrogens with zero attached hydrogens (tertiary/aromatic N) is 3. The van der Waals surface area contributed by atoms with Crippen LogP contribution in [0, 0.1) is 5.92 Å². The quantitative estimate of drug-likeness (QED) is 0.311. The van der Waals surface area contributed by atoms with E-state index in [1.807, 2.05) is 0 Å². The second-order valence-electron chi connectivity index (χ2n) is 9.14. The molecule has 6 nitrogen and oxygen atoms in total. The molecular weight excluding hydrogens is 515 g/mol. The second kappa shape index (κ2) is 13.6. The number of anilines is 1. The SMILES string of the molecule is CCNC(=NCC1CCN(c2ccccc2)C1)N1CCC(OCC2CCCCO2)CC1.I. The van der Waals surface area contributed by atoms with Crippen molar-refractivity contribution >= 4 is 35.6 Å². The number of guanidine groups is 1. The van der Waals surface area contributed by atoms with Gasteiger partial charge in [-0.2, -0.15) is 0 Å². The maximum absolute atomic E-state index is 6.19. The molecule has 32 heavy (non-hydrogen) atoms. The van der Waals surface area contributed by atoms with Gasteiger partial charge in [-0.05, 0) is 63.5 Å². The van der Waals surface area contributed by atoms with E-state index < -0.39 is 0 Å². The van der Waals surface area contributed by atoms with E-state index in [0.29, 0.717) is 18.1 Å². The molecule has 2 unspecified atom stereocenters. The minimum atomic E-state index is 0. The van der Waals surface area contributed by atoms with Crippen LogP contribution >= 0.6 is 24.0 Å². The molecule has 3 saturated heterocycles. The molecule has 0 amide bonds. The Balaban J connectivity index is 0.00000289. The number of nitrogens with one attached hydrogen (secondary N) is 1. The van der Waals surface area contributed by atoms with Gasteiger partial charge in [-0.3, -0.25) is 4.99 Å². The molecule has 1 aromatic rings. The first kappa shape index (κ1) is 25.6. The molecule has 0 radical (unpaired) electrons. The topological polar surface area (TPSA) is 49.3 Å². The average Bonchev–Trinajstić information content (AvgIpc) is 3.31. The Morgan fingerprint density at radius 1 is 1.09 bits per heavy atom. The number of aliphatic imine (C=N–C) groups is 1. The molecular formula is C25H41IN4O2. The van der Waals surface area contributed by atoms with Gasteiger partial charge in [-0.1, -0.05) is 18.2 Å². The van der Waals surface area contributed by atoms with Crippen molar-refractivity contribution in [2.24, 2.45) is 10.9 Å². The number of benzene rings is 1. The van der Waals surface area contributed by atoms with Gasteiger partial charge in [0.1, 0.15) is 0 Å². The van der Waals surface area contributed by atoms with E-state index in [-0.39, 0.29) is 24.0 Å². The van der Waals surface area contributed by atoms with Gasteiger partial charge >= 0.3 is 0 Å². The van der Waals surface area contributed by atoms with Crippen LogP contribution in [0.25, 0.3) is 0 Å². The maximum Gasteiger partial charge on any atom is 0.193 e. The Morgan fingerprint density at radius 2 is 1.91 bits per heavy atom. The first-order valence-corrected chi connectivity index (χ1v) is 12.4. The third kappa shape index (κ3) is 7.48. The fourth-order valence-electron chi connectivity index (χ4n) is 4.91. The predicted molar refractivity (Wildman–Crippen MR) is 142 cm³/mol. The predicted octanol–water partition coefficient (Wildman–Crippen LogP) is 4.15. The Bertz CT molecular complexity index is 676. The van der Waals surface area contributed by atoms with Crippen molar-refractivity contribution in [3.63, 3.8) is 0 Å². The number of hydrogen-bond donors (Lipinski definition) is 1. The number of ether oxygens (including phenoxy) is 2. The molecule has 180 valence electrons. The fourth-order valence-corrected chi connectivity index (χ4v) is 4.91. The first-order chi connectivity index (χ1) is 15.3. The Labute approximate surface area is 211 Å². The van der Waals surface area contributed by atoms with Crippen LogP contribution in [0.2, 0.25) is 0 Å². The summed E-state index contributed by atoms with van der Waals surface area (Å²) in [6.45, 7) is 9.90. The molecule has 3 fully saturated rings. The number of rotatable bonds is 7. The molecule has 3 heterocycles. The summed E-state index contributed by atoms with van der Waals surface area (Å²) in [5.74, 6) is 1.71. The minimum Gasteiger partial charge on any atom is -0.376 e. The van der Waals surface area contributed by atoms with Crippen LogP contribution in [0.15, 0.2) is 35.3 Å². The van der Waals surface area contributed by atoms with Crippen LogP contribution in [-0.2, 0) is 9.47 Å². The van der Waals surface area contributed by atoms with Crippen LogP contribution in [-0.4, -0.2) is 75.5 Å². The molecule has 0 aliphatic carbocycles. The standard InChI is InChI=1S/C25H40N4O2.HI/c1-2-26-25(27-18-21-11-14-29(19-21)22-8-4-3-5-9-22)28-15-12-23(13-16-28)31-20-24-10-6-7-17-30-24;/h3-5,8-9,21,23-24H,2,6-7,10-20H2,1H3,(H,26,27);1H. The highest BCUT2D eigenvalue weighted by atomic mass is 127. The van der Waals surface area contributed by atoms with Crippen LogP contribution in [0.3, 0.4) is 0 Å². The lowest BCUT2D eigenvalue weighted by Crippen LogP contribution is -2.47. The summed E-state index contributed by atoms with van der Waals surface area (Å²) in [6, 6.07) is 10.8. The van der Waals surface area contributed by atoms with E-state index in [2.05, 4.69) is 52.4 Å². The summed E-state index contributed by atoms with van der Waals surface area (Å²) >= 11 is 0. The molecule has 1 N–H and O–H groups in total. The van der Waals surface area contributed by atoms with Crippen molar-refractivity contribution < 1.29 is 9.47 Å². The monoisotopic (exact) mass is 556 g/mol. The van der Waals surface area contributed by atoms with Gasteiger partial charge in [0.2, 0.25) is 0 Å². The molecule has 0 saturated carbocycles. The lowest BCUT2D eigenvalue weighted by Gasteiger charge is -2.35. The van der Waals surface area contributed by atoms with Crippen LogP contribution in [0.5, 0.6) is 0 Å². The van der Waals surface area contributed by atoms with Gasteiger partial charge in [0, 0.05) is 51.6 Å². The molecule has 0 aromatic heterocycles. The summed E-state index contributed by atoms with van der Waals surface area (Å²) < 4.78 is 12.0. The van der Waals surface area contributed by atoms with E-state index >= 15 is 0 Å². The van der Waals surface area contributed by atoms with E-state index in [1.54, 1.807) is 0 Å². The maximum atomic E-state index is 6.19. The molecule has 2 atom stereocenters. The summed E-state index contributed by atoms with van der Waals surface area (Å²) in [5, 5.41) is 3.52. The van der Waals surface area contributed by atoms with E-state index in [1.165, 1.54) is 24.9 Å². The van der Waals surface area contributed by atoms with E-state index in [9.17, 15) is 0 Å². The highest BCUT2D eigenvalue weighted by Gasteiger charge is 2.25. The van der Waals surface area contributed by atoms with Crippen molar-refractivity contribution in [3.05, 3.63) is 30.3 Å². The van der Waals surface area contributed by atoms with Crippen molar-refractivity contribution in [2.75, 3.05) is 57.4 Å². The summed E-state index contributed by atoms with van der Waals surface area (Å²) in [4.78, 5) is 9.95. The number of hydrogen-bond acceptors (Lipinski definition) is 4. The van der Waals surface area contributed by atoms with Crippen LogP contribution < -0.4 is 10.2 Å². The number of piperidine rings is 1. The van der Waals surface area contributed by atoms with Gasteiger partial charge in [0.25, 0.3) is 0 Å². The molecule has 1 aromatic carbocycles. The van der Waals surface area contributed by atoms with Crippen molar-refractivity contribution in [1.29, 1.82) is 0 Å². The van der Waals surface area contributed by atoms with Crippen molar-refractivity contribution in [1.82, 2.24) is 10.2 Å². The zero-order valence-corrected chi connectivity index (χ0v) is 21.9. The zero-order chi connectivity index (χ0) is 21.3. The smallest absolute Gasteiger partial charge is 0.193 e. The Morgan fingerprint density at radius 3 is 2.62 bits per heavy atom. The summed E-state index contributed by atoms with van der Waals surface area (Å²) in [6.07, 6.45) is 7.66. The third-order valence-electron chi connectivity index (χ3n) is 6.77. The molecule has 3 aliphatic rings. The van der Waals surface area contributed by atoms with Crippen molar-refractivity contribution in [3.8, 4) is 0 Å². The number of halogens is 1. The van der Waals surface area contributed by atoms with Gasteiger partial charge in [0.15, 0.2) is 5.96 Å². The van der Waals surface area contributed by atoms with Gasteiger partial charge < -0.3 is 24.6 Å². The van der Waals surface area contributed by atoms with Gasteiger partial charge in [-0.15, -0.1) is 24.0 Å². The molecule has 0 spiro atoms. The highest BCUT2D eigenvalue weighted by molar-refractivity contribution is 14.0. The molecule has 0 bridgehead atoms. The summed E-state index contributed by atoms with van der Waals surface area (Å²) in [5.41, 5.74) is 1.33. The fraction of sp³-hybridized carbons (Fsp3) is 0.720. The Hall–Kier alpha value is -1.06.